The first-order valence-corrected chi connectivity index (χ1v) is 11.8. The van der Waals surface area contributed by atoms with E-state index in [4.69, 9.17) is 16.3 Å². The van der Waals surface area contributed by atoms with Crippen LogP contribution in [0.4, 0.5) is 5.69 Å². The molecule has 0 aliphatic carbocycles. The number of rotatable bonds is 7. The standard InChI is InChI=1S/C21H21ClN2O7S/c22-18-10-7-16(13-20(18)32(29,30)23-11-3-1-2-4-12-23)21(26)31-14-19(25)15-5-8-17(9-6-15)24(27)28/h5-10,13H,1-4,11-12,14H2. The van der Waals surface area contributed by atoms with Crippen LogP contribution in [-0.2, 0) is 14.8 Å². The van der Waals surface area contributed by atoms with Gasteiger partial charge in [0.25, 0.3) is 5.69 Å². The van der Waals surface area contributed by atoms with Crippen molar-refractivity contribution in [2.24, 2.45) is 0 Å². The number of sulfonamides is 1. The molecule has 3 rings (SSSR count). The van der Waals surface area contributed by atoms with Crippen LogP contribution in [0.3, 0.4) is 0 Å². The van der Waals surface area contributed by atoms with Gasteiger partial charge in [0.15, 0.2) is 12.4 Å². The highest BCUT2D eigenvalue weighted by molar-refractivity contribution is 7.89. The third-order valence-corrected chi connectivity index (χ3v) is 7.46. The maximum absolute atomic E-state index is 13.0. The summed E-state index contributed by atoms with van der Waals surface area (Å²) < 4.78 is 32.5. The predicted molar refractivity (Wildman–Crippen MR) is 116 cm³/mol. The van der Waals surface area contributed by atoms with Gasteiger partial charge in [-0.05, 0) is 43.2 Å². The molecule has 1 aliphatic heterocycles. The molecule has 1 saturated heterocycles. The van der Waals surface area contributed by atoms with Gasteiger partial charge in [0.05, 0.1) is 15.5 Å². The molecule has 1 aliphatic rings. The number of carbonyl (C=O) groups excluding carboxylic acids is 2. The van der Waals surface area contributed by atoms with Crippen molar-refractivity contribution in [1.82, 2.24) is 4.31 Å². The number of ether oxygens (including phenoxy) is 1. The van der Waals surface area contributed by atoms with Crippen LogP contribution in [0, 0.1) is 10.1 Å². The Kier molecular flexibility index (Phi) is 7.60. The molecule has 1 heterocycles. The van der Waals surface area contributed by atoms with E-state index >= 15 is 0 Å². The summed E-state index contributed by atoms with van der Waals surface area (Å²) in [7, 11) is -3.89. The van der Waals surface area contributed by atoms with Crippen LogP contribution in [0.1, 0.15) is 46.4 Å². The van der Waals surface area contributed by atoms with Crippen LogP contribution in [0.5, 0.6) is 0 Å². The van der Waals surface area contributed by atoms with Crippen LogP contribution in [0.15, 0.2) is 47.4 Å². The number of hydrogen-bond donors (Lipinski definition) is 0. The van der Waals surface area contributed by atoms with E-state index in [1.165, 1.54) is 40.7 Å². The fourth-order valence-electron chi connectivity index (χ4n) is 3.32. The summed E-state index contributed by atoms with van der Waals surface area (Å²) in [6.07, 6.45) is 3.41. The van der Waals surface area contributed by atoms with E-state index in [0.29, 0.717) is 13.1 Å². The Morgan fingerprint density at radius 1 is 1.00 bits per heavy atom. The number of nitro groups is 1. The van der Waals surface area contributed by atoms with Crippen LogP contribution in [-0.4, -0.2) is 49.1 Å². The molecule has 32 heavy (non-hydrogen) atoms. The largest absolute Gasteiger partial charge is 0.454 e. The molecule has 2 aromatic carbocycles. The summed E-state index contributed by atoms with van der Waals surface area (Å²) in [4.78, 5) is 34.6. The predicted octanol–water partition coefficient (Wildman–Crippen LogP) is 3.85. The fraction of sp³-hybridized carbons (Fsp3) is 0.333. The Labute approximate surface area is 190 Å². The Balaban J connectivity index is 1.72. The van der Waals surface area contributed by atoms with Gasteiger partial charge in [0, 0.05) is 30.8 Å². The number of hydrogen-bond acceptors (Lipinski definition) is 7. The molecule has 0 bridgehead atoms. The molecule has 0 spiro atoms. The summed E-state index contributed by atoms with van der Waals surface area (Å²) in [6.45, 7) is 0.168. The average molecular weight is 481 g/mol. The molecule has 0 atom stereocenters. The maximum atomic E-state index is 13.0. The Hall–Kier alpha value is -2.82. The zero-order valence-corrected chi connectivity index (χ0v) is 18.6. The lowest BCUT2D eigenvalue weighted by atomic mass is 10.1. The minimum atomic E-state index is -3.89. The monoisotopic (exact) mass is 480 g/mol. The molecule has 170 valence electrons. The van der Waals surface area contributed by atoms with Crippen molar-refractivity contribution in [3.8, 4) is 0 Å². The van der Waals surface area contributed by atoms with Crippen molar-refractivity contribution < 1.29 is 27.7 Å². The maximum Gasteiger partial charge on any atom is 0.338 e. The van der Waals surface area contributed by atoms with Gasteiger partial charge >= 0.3 is 5.97 Å². The van der Waals surface area contributed by atoms with Gasteiger partial charge in [0.1, 0.15) is 4.90 Å². The van der Waals surface area contributed by atoms with E-state index in [0.717, 1.165) is 31.7 Å². The zero-order chi connectivity index (χ0) is 23.3. The Bertz CT molecular complexity index is 1130. The normalized spacial score (nSPS) is 15.0. The molecule has 2 aromatic rings. The minimum absolute atomic E-state index is 0.00671. The van der Waals surface area contributed by atoms with Gasteiger partial charge in [-0.15, -0.1) is 0 Å². The molecule has 0 unspecified atom stereocenters. The number of ketones is 1. The smallest absolute Gasteiger partial charge is 0.338 e. The third-order valence-electron chi connectivity index (χ3n) is 5.08. The van der Waals surface area contributed by atoms with Gasteiger partial charge in [-0.2, -0.15) is 4.31 Å². The highest BCUT2D eigenvalue weighted by Crippen LogP contribution is 2.28. The highest BCUT2D eigenvalue weighted by atomic mass is 35.5. The lowest BCUT2D eigenvalue weighted by Crippen LogP contribution is -2.32. The molecule has 0 N–H and O–H groups in total. The Morgan fingerprint density at radius 2 is 1.59 bits per heavy atom. The third kappa shape index (κ3) is 5.50. The van der Waals surface area contributed by atoms with E-state index in [1.807, 2.05) is 0 Å². The van der Waals surface area contributed by atoms with Crippen LogP contribution in [0.25, 0.3) is 0 Å². The van der Waals surface area contributed by atoms with Gasteiger partial charge in [-0.3, -0.25) is 14.9 Å². The molecule has 0 amide bonds. The number of carbonyl (C=O) groups is 2. The lowest BCUT2D eigenvalue weighted by Gasteiger charge is -2.21. The summed E-state index contributed by atoms with van der Waals surface area (Å²) in [5.74, 6) is -1.44. The number of halogens is 1. The van der Waals surface area contributed by atoms with Crippen molar-refractivity contribution in [2.45, 2.75) is 30.6 Å². The van der Waals surface area contributed by atoms with Crippen LogP contribution < -0.4 is 0 Å². The van der Waals surface area contributed by atoms with Gasteiger partial charge in [-0.1, -0.05) is 24.4 Å². The van der Waals surface area contributed by atoms with Crippen LogP contribution >= 0.6 is 11.6 Å². The quantitative estimate of drug-likeness (QED) is 0.255. The van der Waals surface area contributed by atoms with Gasteiger partial charge < -0.3 is 4.74 Å². The first-order chi connectivity index (χ1) is 15.2. The number of nitrogens with zero attached hydrogens (tertiary/aromatic N) is 2. The summed E-state index contributed by atoms with van der Waals surface area (Å²) in [6, 6.07) is 8.66. The number of esters is 1. The van der Waals surface area contributed by atoms with Gasteiger partial charge in [-0.25, -0.2) is 13.2 Å². The second-order valence-corrected chi connectivity index (χ2v) is 9.58. The second-order valence-electron chi connectivity index (χ2n) is 7.27. The van der Waals surface area contributed by atoms with Crippen molar-refractivity contribution in [3.05, 3.63) is 68.7 Å². The van der Waals surface area contributed by atoms with Crippen molar-refractivity contribution in [1.29, 1.82) is 0 Å². The first-order valence-electron chi connectivity index (χ1n) is 9.94. The topological polar surface area (TPSA) is 124 Å². The number of nitro benzene ring substituents is 1. The molecule has 11 heteroatoms. The van der Waals surface area contributed by atoms with E-state index in [2.05, 4.69) is 0 Å². The first kappa shape index (κ1) is 23.8. The summed E-state index contributed by atoms with van der Waals surface area (Å²) in [5, 5.41) is 10.7. The van der Waals surface area contributed by atoms with Crippen molar-refractivity contribution >= 4 is 39.1 Å². The number of benzene rings is 2. The Morgan fingerprint density at radius 3 is 2.19 bits per heavy atom. The van der Waals surface area contributed by atoms with E-state index in [1.54, 1.807) is 0 Å². The van der Waals surface area contributed by atoms with E-state index in [-0.39, 0.29) is 26.7 Å². The molecule has 1 fully saturated rings. The molecular weight excluding hydrogens is 460 g/mol. The SMILES string of the molecule is O=C(COC(=O)c1ccc(Cl)c(S(=O)(=O)N2CCCCCC2)c1)c1ccc([N+](=O)[O-])cc1. The molecular formula is C21H21ClN2O7S. The summed E-state index contributed by atoms with van der Waals surface area (Å²) >= 11 is 6.13. The zero-order valence-electron chi connectivity index (χ0n) is 17.0. The number of Topliss-reactive ketones (excluding diaryl/α,β-unsaturated/α-hetero) is 1. The average Bonchev–Trinajstić information content (AvgIpc) is 3.07. The number of non-ortho nitro benzene ring substituents is 1. The van der Waals surface area contributed by atoms with E-state index < -0.39 is 33.3 Å². The van der Waals surface area contributed by atoms with Crippen molar-refractivity contribution in [2.75, 3.05) is 19.7 Å². The highest BCUT2D eigenvalue weighted by Gasteiger charge is 2.28. The van der Waals surface area contributed by atoms with Gasteiger partial charge in [0.2, 0.25) is 10.0 Å². The van der Waals surface area contributed by atoms with E-state index in [9.17, 15) is 28.1 Å². The van der Waals surface area contributed by atoms with Crippen LogP contribution in [0.2, 0.25) is 5.02 Å². The molecule has 9 nitrogen and oxygen atoms in total. The summed E-state index contributed by atoms with van der Waals surface area (Å²) in [5.41, 5.74) is -0.0823. The van der Waals surface area contributed by atoms with Crippen molar-refractivity contribution in [3.63, 3.8) is 0 Å². The lowest BCUT2D eigenvalue weighted by molar-refractivity contribution is -0.384. The second kappa shape index (κ2) is 10.2. The molecule has 0 radical (unpaired) electrons. The molecule has 0 saturated carbocycles. The minimum Gasteiger partial charge on any atom is -0.454 e. The fourth-order valence-corrected chi connectivity index (χ4v) is 5.33. The molecule has 0 aromatic heterocycles.